The predicted molar refractivity (Wildman–Crippen MR) is 133 cm³/mol. The molecule has 0 aliphatic carbocycles. The fourth-order valence-corrected chi connectivity index (χ4v) is 5.08. The third kappa shape index (κ3) is 9.51. The van der Waals surface area contributed by atoms with Gasteiger partial charge in [-0.1, -0.05) is 54.5 Å². The van der Waals surface area contributed by atoms with Gasteiger partial charge in [0.25, 0.3) is 0 Å². The molecular formula is C26H50AcNO7-. The van der Waals surface area contributed by atoms with Crippen LogP contribution in [-0.4, -0.2) is 82.6 Å². The molecule has 3 aliphatic rings. The molecule has 9 heteroatoms. The Morgan fingerprint density at radius 2 is 1.06 bits per heavy atom. The summed E-state index contributed by atoms with van der Waals surface area (Å²) in [6, 6.07) is -0.484. The molecule has 0 spiro atoms. The van der Waals surface area contributed by atoms with Gasteiger partial charge in [-0.15, -0.1) is 0 Å². The average molecular weight is 716 g/mol. The minimum atomic E-state index is -0.613. The van der Waals surface area contributed by atoms with Crippen molar-refractivity contribution in [3.05, 3.63) is 5.73 Å². The first-order chi connectivity index (χ1) is 16.0. The van der Waals surface area contributed by atoms with Crippen LogP contribution in [0.5, 0.6) is 0 Å². The van der Waals surface area contributed by atoms with Crippen molar-refractivity contribution in [2.24, 2.45) is 17.8 Å². The number of carbonyl (C=O) groups excluding carboxylic acids is 1. The maximum atomic E-state index is 10.3. The van der Waals surface area contributed by atoms with Crippen molar-refractivity contribution in [1.82, 2.24) is 0 Å². The zero-order chi connectivity index (χ0) is 26.2. The van der Waals surface area contributed by atoms with Crippen LogP contribution in [-0.2, 0) is 19.0 Å². The van der Waals surface area contributed by atoms with Crippen LogP contribution in [0.2, 0.25) is 0 Å². The minimum absolute atomic E-state index is 0. The molecule has 3 fully saturated rings. The number of hydrogen-bond donors (Lipinski definition) is 3. The van der Waals surface area contributed by atoms with Crippen LogP contribution in [0, 0.1) is 61.8 Å². The monoisotopic (exact) mass is 715 g/mol. The summed E-state index contributed by atoms with van der Waals surface area (Å²) in [4.78, 5) is 10.3. The number of nitrogens with one attached hydrogen (secondary N) is 1. The van der Waals surface area contributed by atoms with Crippen molar-refractivity contribution in [2.45, 2.75) is 142 Å². The number of hydrogen-bond acceptors (Lipinski definition) is 7. The molecule has 3 saturated heterocycles. The second kappa shape index (κ2) is 17.4. The van der Waals surface area contributed by atoms with E-state index in [0.717, 1.165) is 25.7 Å². The summed E-state index contributed by atoms with van der Waals surface area (Å²) in [7, 11) is 0. The van der Waals surface area contributed by atoms with E-state index in [1.807, 2.05) is 34.6 Å². The molecule has 0 amide bonds. The Morgan fingerprint density at radius 1 is 0.657 bits per heavy atom. The Hall–Kier alpha value is 0.832. The van der Waals surface area contributed by atoms with Gasteiger partial charge in [0, 0.05) is 74.0 Å². The second-order valence-corrected chi connectivity index (χ2v) is 10.1. The third-order valence-corrected chi connectivity index (χ3v) is 7.78. The van der Waals surface area contributed by atoms with E-state index in [9.17, 15) is 20.1 Å². The summed E-state index contributed by atoms with van der Waals surface area (Å²) < 4.78 is 16.5. The predicted octanol–water partition coefficient (Wildman–Crippen LogP) is 3.53. The Labute approximate surface area is 248 Å². The second-order valence-electron chi connectivity index (χ2n) is 10.1. The molecule has 3 rings (SSSR count). The summed E-state index contributed by atoms with van der Waals surface area (Å²) in [6.45, 7) is 16.0. The van der Waals surface area contributed by atoms with E-state index < -0.39 is 24.4 Å². The van der Waals surface area contributed by atoms with E-state index in [1.165, 1.54) is 0 Å². The van der Waals surface area contributed by atoms with Crippen LogP contribution < -0.4 is 0 Å². The molecule has 0 saturated carbocycles. The van der Waals surface area contributed by atoms with Gasteiger partial charge in [-0.05, 0) is 32.6 Å². The molecule has 8 nitrogen and oxygen atoms in total. The molecule has 35 heavy (non-hydrogen) atoms. The Morgan fingerprint density at radius 3 is 1.40 bits per heavy atom. The molecule has 0 aromatic carbocycles. The van der Waals surface area contributed by atoms with Gasteiger partial charge in [0.05, 0.1) is 36.6 Å². The third-order valence-electron chi connectivity index (χ3n) is 7.78. The molecular weight excluding hydrogens is 665 g/mol. The van der Waals surface area contributed by atoms with Gasteiger partial charge in [0.15, 0.2) is 6.29 Å². The number of aldehydes is 1. The van der Waals surface area contributed by atoms with Gasteiger partial charge in [-0.2, -0.15) is 0 Å². The molecule has 0 aromatic rings. The number of rotatable bonds is 5. The summed E-state index contributed by atoms with van der Waals surface area (Å²) in [5.41, 5.74) is 7.60. The van der Waals surface area contributed by atoms with Crippen LogP contribution in [0.1, 0.15) is 81.1 Å². The largest absolute Gasteiger partial charge is 0.670 e. The van der Waals surface area contributed by atoms with Crippen LogP contribution >= 0.6 is 0 Å². The van der Waals surface area contributed by atoms with E-state index in [4.69, 9.17) is 19.9 Å². The minimum Gasteiger partial charge on any atom is -0.670 e. The van der Waals surface area contributed by atoms with Crippen LogP contribution in [0.4, 0.5) is 0 Å². The van der Waals surface area contributed by atoms with E-state index in [0.29, 0.717) is 12.2 Å². The van der Waals surface area contributed by atoms with Crippen molar-refractivity contribution in [2.75, 3.05) is 0 Å². The quantitative estimate of drug-likeness (QED) is 0.372. The smallest absolute Gasteiger partial charge is 0.151 e. The summed E-state index contributed by atoms with van der Waals surface area (Å²) >= 11 is 0. The molecule has 4 N–H and O–H groups in total. The molecule has 0 aromatic heterocycles. The first kappa shape index (κ1) is 35.8. The normalized spacial score (nSPS) is 44.9. The van der Waals surface area contributed by atoms with Crippen molar-refractivity contribution >= 4 is 6.29 Å². The summed E-state index contributed by atoms with van der Waals surface area (Å²) in [5, 5.41) is 28.7. The van der Waals surface area contributed by atoms with Gasteiger partial charge < -0.3 is 40.1 Å². The SMILES string of the molecule is CCC1OC(C)C([NH-])C(O)C1C.CCC1OC(C=O)C(O)C1C.CCC1OC(CC)C(O)C1C.[Ac]. The number of ether oxygens (including phenoxy) is 3. The zero-order valence-electron chi connectivity index (χ0n) is 23.0. The molecule has 1 radical (unpaired) electrons. The maximum absolute atomic E-state index is 10.3. The standard InChI is InChI=1S/C9H18NO2.C9H18O2.C8H14O3.Ac/c1-4-7-5(2)9(11)8(10)6(3)12-7;1-4-7-6(3)9(10)8(5-2)11-7;1-3-6-5(2)8(10)7(4-9)11-6;/h5-11H,4H2,1-3H3;6-10H,4-5H2,1-3H3;4-8,10H,3H2,1-2H3;/q-1;;;. The fraction of sp³-hybridized carbons (Fsp3) is 0.962. The van der Waals surface area contributed by atoms with Crippen molar-refractivity contribution in [3.63, 3.8) is 0 Å². The number of aliphatic hydroxyl groups is 3. The van der Waals surface area contributed by atoms with Gasteiger partial charge in [0.1, 0.15) is 6.10 Å². The summed E-state index contributed by atoms with van der Waals surface area (Å²) in [6.07, 6.45) is 2.75. The van der Waals surface area contributed by atoms with Crippen LogP contribution in [0.25, 0.3) is 5.73 Å². The van der Waals surface area contributed by atoms with Crippen molar-refractivity contribution in [3.8, 4) is 0 Å². The number of carbonyl (C=O) groups is 1. The summed E-state index contributed by atoms with van der Waals surface area (Å²) in [5.74, 6) is 0.480. The Bertz CT molecular complexity index is 563. The molecule has 13 unspecified atom stereocenters. The van der Waals surface area contributed by atoms with Crippen LogP contribution in [0.15, 0.2) is 0 Å². The zero-order valence-corrected chi connectivity index (χ0v) is 27.7. The molecule has 0 bridgehead atoms. The van der Waals surface area contributed by atoms with Gasteiger partial charge in [-0.25, -0.2) is 0 Å². The first-order valence-electron chi connectivity index (χ1n) is 13.2. The van der Waals surface area contributed by atoms with E-state index in [-0.39, 0.29) is 92.5 Å². The Kier molecular flexibility index (Phi) is 17.8. The maximum Gasteiger partial charge on any atom is 0.151 e. The Balaban J connectivity index is 0.000000489. The number of aliphatic hydroxyl groups excluding tert-OH is 3. The van der Waals surface area contributed by atoms with Crippen molar-refractivity contribution in [1.29, 1.82) is 0 Å². The van der Waals surface area contributed by atoms with E-state index in [1.54, 1.807) is 0 Å². The molecule has 3 aliphatic heterocycles. The van der Waals surface area contributed by atoms with E-state index >= 15 is 0 Å². The molecule has 13 atom stereocenters. The van der Waals surface area contributed by atoms with Crippen LogP contribution in [0.3, 0.4) is 0 Å². The van der Waals surface area contributed by atoms with Gasteiger partial charge in [0.2, 0.25) is 0 Å². The molecule has 205 valence electrons. The topological polar surface area (TPSA) is 129 Å². The van der Waals surface area contributed by atoms with Gasteiger partial charge >= 0.3 is 0 Å². The first-order valence-corrected chi connectivity index (χ1v) is 13.2. The van der Waals surface area contributed by atoms with E-state index in [2.05, 4.69) is 20.8 Å². The average Bonchev–Trinajstić information content (AvgIpc) is 3.29. The van der Waals surface area contributed by atoms with Crippen molar-refractivity contribution < 1.29 is 78.4 Å². The molecule has 3 heterocycles. The fourth-order valence-electron chi connectivity index (χ4n) is 5.08. The van der Waals surface area contributed by atoms with Gasteiger partial charge in [-0.3, -0.25) is 0 Å².